The van der Waals surface area contributed by atoms with E-state index in [9.17, 15) is 14.9 Å². The first-order valence-corrected chi connectivity index (χ1v) is 7.51. The average Bonchev–Trinajstić information content (AvgIpc) is 2.43. The highest BCUT2D eigenvalue weighted by Gasteiger charge is 2.13. The van der Waals surface area contributed by atoms with E-state index >= 15 is 0 Å². The van der Waals surface area contributed by atoms with Crippen molar-refractivity contribution in [1.82, 2.24) is 4.90 Å². The summed E-state index contributed by atoms with van der Waals surface area (Å²) in [6.45, 7) is 9.78. The molecule has 0 aromatic heterocycles. The van der Waals surface area contributed by atoms with Gasteiger partial charge in [-0.1, -0.05) is 27.7 Å². The molecule has 0 bridgehead atoms. The highest BCUT2D eigenvalue weighted by atomic mass is 16.6. The minimum absolute atomic E-state index is 0.0271. The zero-order valence-corrected chi connectivity index (χ0v) is 13.7. The van der Waals surface area contributed by atoms with Crippen LogP contribution in [-0.2, 0) is 4.79 Å². The van der Waals surface area contributed by atoms with Crippen LogP contribution < -0.4 is 0 Å². The second-order valence-corrected chi connectivity index (χ2v) is 6.21. The fraction of sp³-hybridized carbons (Fsp3) is 0.471. The van der Waals surface area contributed by atoms with Gasteiger partial charge in [-0.3, -0.25) is 14.9 Å². The molecule has 5 heteroatoms. The minimum atomic E-state index is -0.439. The lowest BCUT2D eigenvalue weighted by atomic mass is 10.1. The van der Waals surface area contributed by atoms with Crippen LogP contribution in [0.4, 0.5) is 5.69 Å². The van der Waals surface area contributed by atoms with Crippen molar-refractivity contribution in [3.05, 3.63) is 46.0 Å². The predicted molar refractivity (Wildman–Crippen MR) is 88.4 cm³/mol. The predicted octanol–water partition coefficient (Wildman–Crippen LogP) is 3.75. The van der Waals surface area contributed by atoms with Crippen molar-refractivity contribution < 1.29 is 9.72 Å². The summed E-state index contributed by atoms with van der Waals surface area (Å²) in [7, 11) is 0. The Morgan fingerprint density at radius 1 is 1.14 bits per heavy atom. The maximum absolute atomic E-state index is 12.3. The monoisotopic (exact) mass is 304 g/mol. The van der Waals surface area contributed by atoms with E-state index in [4.69, 9.17) is 0 Å². The fourth-order valence-electron chi connectivity index (χ4n) is 2.12. The molecule has 0 fully saturated rings. The lowest BCUT2D eigenvalue weighted by Crippen LogP contribution is -2.35. The van der Waals surface area contributed by atoms with Crippen molar-refractivity contribution in [2.45, 2.75) is 27.7 Å². The molecule has 0 spiro atoms. The van der Waals surface area contributed by atoms with Crippen LogP contribution in [0.2, 0.25) is 0 Å². The van der Waals surface area contributed by atoms with Crippen molar-refractivity contribution in [3.63, 3.8) is 0 Å². The molecule has 1 aromatic rings. The smallest absolute Gasteiger partial charge is 0.269 e. The lowest BCUT2D eigenvalue weighted by molar-refractivity contribution is -0.384. The normalized spacial score (nSPS) is 11.4. The number of amides is 1. The largest absolute Gasteiger partial charge is 0.339 e. The zero-order valence-electron chi connectivity index (χ0n) is 13.7. The number of nitro groups is 1. The molecular weight excluding hydrogens is 280 g/mol. The molecule has 0 aliphatic heterocycles. The first-order chi connectivity index (χ1) is 10.3. The summed E-state index contributed by atoms with van der Waals surface area (Å²) in [5.74, 6) is 0.798. The van der Waals surface area contributed by atoms with E-state index in [0.29, 0.717) is 11.8 Å². The summed E-state index contributed by atoms with van der Waals surface area (Å²) in [5, 5.41) is 10.6. The van der Waals surface area contributed by atoms with Gasteiger partial charge in [-0.15, -0.1) is 0 Å². The molecule has 0 aliphatic carbocycles. The number of nitro benzene ring substituents is 1. The Labute approximate surface area is 131 Å². The SMILES string of the molecule is CC(C)CN(CC(C)C)C(=O)/C=C/c1ccc([N+](=O)[O-])cc1. The van der Waals surface area contributed by atoms with Crippen LogP contribution in [0.3, 0.4) is 0 Å². The fourth-order valence-corrected chi connectivity index (χ4v) is 2.12. The molecule has 0 heterocycles. The Morgan fingerprint density at radius 3 is 2.05 bits per heavy atom. The van der Waals surface area contributed by atoms with E-state index < -0.39 is 4.92 Å². The molecule has 0 saturated carbocycles. The Hall–Kier alpha value is -2.17. The van der Waals surface area contributed by atoms with Gasteiger partial charge in [0.25, 0.3) is 5.69 Å². The Kier molecular flexibility index (Phi) is 6.76. The molecule has 22 heavy (non-hydrogen) atoms. The van der Waals surface area contributed by atoms with Gasteiger partial charge in [-0.25, -0.2) is 0 Å². The molecule has 1 amide bonds. The van der Waals surface area contributed by atoms with Crippen molar-refractivity contribution in [1.29, 1.82) is 0 Å². The molecule has 0 N–H and O–H groups in total. The molecule has 0 saturated heterocycles. The third-order valence-corrected chi connectivity index (χ3v) is 3.01. The quantitative estimate of drug-likeness (QED) is 0.438. The number of carbonyl (C=O) groups is 1. The van der Waals surface area contributed by atoms with Crippen LogP contribution in [0, 0.1) is 22.0 Å². The van der Waals surface area contributed by atoms with Gasteiger partial charge < -0.3 is 4.90 Å². The van der Waals surface area contributed by atoms with Gasteiger partial charge in [-0.05, 0) is 35.6 Å². The summed E-state index contributed by atoms with van der Waals surface area (Å²) in [6.07, 6.45) is 3.23. The van der Waals surface area contributed by atoms with Gasteiger partial charge in [0.15, 0.2) is 0 Å². The van der Waals surface area contributed by atoms with Gasteiger partial charge in [0.2, 0.25) is 5.91 Å². The Balaban J connectivity index is 2.76. The first-order valence-electron chi connectivity index (χ1n) is 7.51. The standard InChI is InChI=1S/C17H24N2O3/c1-13(2)11-18(12-14(3)4)17(20)10-7-15-5-8-16(9-6-15)19(21)22/h5-10,13-14H,11-12H2,1-4H3/b10-7+. The third-order valence-electron chi connectivity index (χ3n) is 3.01. The molecule has 0 atom stereocenters. The number of rotatable bonds is 7. The van der Waals surface area contributed by atoms with Crippen LogP contribution in [-0.4, -0.2) is 28.8 Å². The van der Waals surface area contributed by atoms with Crippen molar-refractivity contribution >= 4 is 17.7 Å². The molecule has 120 valence electrons. The molecule has 0 aliphatic rings. The molecule has 0 unspecified atom stereocenters. The van der Waals surface area contributed by atoms with Crippen LogP contribution in [0.25, 0.3) is 6.08 Å². The molecule has 1 aromatic carbocycles. The van der Waals surface area contributed by atoms with Crippen LogP contribution in [0.1, 0.15) is 33.3 Å². The number of benzene rings is 1. The van der Waals surface area contributed by atoms with Crippen molar-refractivity contribution in [3.8, 4) is 0 Å². The maximum Gasteiger partial charge on any atom is 0.269 e. The van der Waals surface area contributed by atoms with Crippen LogP contribution in [0.5, 0.6) is 0 Å². The van der Waals surface area contributed by atoms with Gasteiger partial charge in [0, 0.05) is 31.3 Å². The number of carbonyl (C=O) groups excluding carboxylic acids is 1. The first kappa shape index (κ1) is 17.9. The summed E-state index contributed by atoms with van der Waals surface area (Å²) >= 11 is 0. The highest BCUT2D eigenvalue weighted by Crippen LogP contribution is 2.13. The Morgan fingerprint density at radius 2 is 1.64 bits per heavy atom. The number of hydrogen-bond donors (Lipinski definition) is 0. The summed E-state index contributed by atoms with van der Waals surface area (Å²) in [6, 6.07) is 6.14. The minimum Gasteiger partial charge on any atom is -0.339 e. The summed E-state index contributed by atoms with van der Waals surface area (Å²) in [5.41, 5.74) is 0.817. The van der Waals surface area contributed by atoms with Gasteiger partial charge in [0.05, 0.1) is 4.92 Å². The van der Waals surface area contributed by atoms with Gasteiger partial charge in [0.1, 0.15) is 0 Å². The Bertz CT molecular complexity index is 523. The third kappa shape index (κ3) is 6.08. The summed E-state index contributed by atoms with van der Waals surface area (Å²) < 4.78 is 0. The van der Waals surface area contributed by atoms with E-state index in [1.54, 1.807) is 18.2 Å². The van der Waals surface area contributed by atoms with E-state index in [2.05, 4.69) is 27.7 Å². The van der Waals surface area contributed by atoms with Crippen LogP contribution >= 0.6 is 0 Å². The second-order valence-electron chi connectivity index (χ2n) is 6.21. The molecule has 5 nitrogen and oxygen atoms in total. The van der Waals surface area contributed by atoms with Crippen molar-refractivity contribution in [2.75, 3.05) is 13.1 Å². The highest BCUT2D eigenvalue weighted by molar-refractivity contribution is 5.91. The second kappa shape index (κ2) is 8.32. The average molecular weight is 304 g/mol. The van der Waals surface area contributed by atoms with Crippen molar-refractivity contribution in [2.24, 2.45) is 11.8 Å². The molecule has 0 radical (unpaired) electrons. The lowest BCUT2D eigenvalue weighted by Gasteiger charge is -2.25. The number of hydrogen-bond acceptors (Lipinski definition) is 3. The summed E-state index contributed by atoms with van der Waals surface area (Å²) in [4.78, 5) is 24.3. The molecular formula is C17H24N2O3. The van der Waals surface area contributed by atoms with Gasteiger partial charge >= 0.3 is 0 Å². The van der Waals surface area contributed by atoms with E-state index in [1.165, 1.54) is 18.2 Å². The molecule has 1 rings (SSSR count). The number of non-ortho nitro benzene ring substituents is 1. The van der Waals surface area contributed by atoms with E-state index in [1.807, 2.05) is 4.90 Å². The maximum atomic E-state index is 12.3. The van der Waals surface area contributed by atoms with E-state index in [-0.39, 0.29) is 11.6 Å². The zero-order chi connectivity index (χ0) is 16.7. The topological polar surface area (TPSA) is 63.5 Å². The van der Waals surface area contributed by atoms with Gasteiger partial charge in [-0.2, -0.15) is 0 Å². The van der Waals surface area contributed by atoms with E-state index in [0.717, 1.165) is 18.7 Å². The number of nitrogens with zero attached hydrogens (tertiary/aromatic N) is 2. The van der Waals surface area contributed by atoms with Crippen LogP contribution in [0.15, 0.2) is 30.3 Å².